The lowest BCUT2D eigenvalue weighted by Gasteiger charge is -2.45. The Balaban J connectivity index is 1.77. The summed E-state index contributed by atoms with van der Waals surface area (Å²) in [6, 6.07) is 0. The third kappa shape index (κ3) is 4.22. The number of rotatable bonds is 4. The molecule has 1 saturated heterocycles. The van der Waals surface area contributed by atoms with E-state index in [0.717, 1.165) is 51.6 Å². The number of hydrogen-bond acceptors (Lipinski definition) is 3. The molecule has 0 unspecified atom stereocenters. The third-order valence-corrected chi connectivity index (χ3v) is 5.04. The van der Waals surface area contributed by atoms with Gasteiger partial charge in [-0.05, 0) is 49.9 Å². The third-order valence-electron chi connectivity index (χ3n) is 5.04. The molecular formula is C16H25NO4. The van der Waals surface area contributed by atoms with E-state index < -0.39 is 5.97 Å². The Hall–Kier alpha value is -1.52. The highest BCUT2D eigenvalue weighted by atomic mass is 16.6. The number of carboxylic acids is 1. The Bertz CT molecular complexity index is 389. The van der Waals surface area contributed by atoms with Crippen LogP contribution >= 0.6 is 0 Å². The zero-order chi connectivity index (χ0) is 15.3. The van der Waals surface area contributed by atoms with E-state index in [1.807, 2.05) is 0 Å². The average molecular weight is 295 g/mol. The van der Waals surface area contributed by atoms with Crippen molar-refractivity contribution in [1.29, 1.82) is 0 Å². The highest BCUT2D eigenvalue weighted by Crippen LogP contribution is 2.46. The van der Waals surface area contributed by atoms with Gasteiger partial charge < -0.3 is 14.7 Å². The molecule has 0 aromatic heterocycles. The highest BCUT2D eigenvalue weighted by molar-refractivity contribution is 5.68. The summed E-state index contributed by atoms with van der Waals surface area (Å²) in [6.07, 6.45) is 7.86. The molecule has 0 aromatic carbocycles. The molecule has 118 valence electrons. The van der Waals surface area contributed by atoms with Gasteiger partial charge in [0.25, 0.3) is 0 Å². The summed E-state index contributed by atoms with van der Waals surface area (Å²) >= 11 is 0. The van der Waals surface area contributed by atoms with Crippen LogP contribution in [0.1, 0.15) is 44.9 Å². The summed E-state index contributed by atoms with van der Waals surface area (Å²) in [5.74, 6) is -0.348. The number of piperidine rings is 1. The maximum atomic E-state index is 11.8. The fourth-order valence-electron chi connectivity index (χ4n) is 3.63. The minimum absolute atomic E-state index is 0.246. The number of amides is 1. The van der Waals surface area contributed by atoms with Gasteiger partial charge in [-0.1, -0.05) is 12.7 Å². The average Bonchev–Trinajstić information content (AvgIpc) is 2.48. The van der Waals surface area contributed by atoms with Gasteiger partial charge in [-0.25, -0.2) is 4.79 Å². The highest BCUT2D eigenvalue weighted by Gasteiger charge is 2.39. The number of aliphatic carboxylic acids is 1. The van der Waals surface area contributed by atoms with Crippen LogP contribution in [0.3, 0.4) is 0 Å². The second-order valence-electron chi connectivity index (χ2n) is 6.39. The zero-order valence-electron chi connectivity index (χ0n) is 12.6. The quantitative estimate of drug-likeness (QED) is 0.809. The van der Waals surface area contributed by atoms with Crippen molar-refractivity contribution >= 4 is 12.1 Å². The molecule has 0 bridgehead atoms. The van der Waals surface area contributed by atoms with Crippen LogP contribution in [-0.2, 0) is 9.53 Å². The van der Waals surface area contributed by atoms with E-state index in [0.29, 0.717) is 17.8 Å². The van der Waals surface area contributed by atoms with E-state index in [-0.39, 0.29) is 12.7 Å². The van der Waals surface area contributed by atoms with Crippen LogP contribution in [0.2, 0.25) is 0 Å². The van der Waals surface area contributed by atoms with Crippen LogP contribution in [0.25, 0.3) is 0 Å². The number of hydrogen-bond donors (Lipinski definition) is 1. The molecule has 1 spiro atoms. The topological polar surface area (TPSA) is 66.8 Å². The lowest BCUT2D eigenvalue weighted by molar-refractivity contribution is -0.138. The van der Waals surface area contributed by atoms with Crippen LogP contribution in [-0.4, -0.2) is 41.8 Å². The maximum Gasteiger partial charge on any atom is 0.410 e. The molecule has 5 nitrogen and oxygen atoms in total. The van der Waals surface area contributed by atoms with E-state index in [4.69, 9.17) is 9.84 Å². The first kappa shape index (κ1) is 15.9. The fourth-order valence-corrected chi connectivity index (χ4v) is 3.63. The normalized spacial score (nSPS) is 22.0. The second kappa shape index (κ2) is 6.96. The van der Waals surface area contributed by atoms with Crippen LogP contribution in [0.15, 0.2) is 12.7 Å². The predicted molar refractivity (Wildman–Crippen MR) is 79.0 cm³/mol. The number of carboxylic acid groups (broad SMARTS) is 1. The Kier molecular flexibility index (Phi) is 5.26. The van der Waals surface area contributed by atoms with E-state index in [9.17, 15) is 9.59 Å². The number of carbonyl (C=O) groups is 2. The molecule has 5 heteroatoms. The minimum Gasteiger partial charge on any atom is -0.481 e. The molecule has 1 N–H and O–H groups in total. The van der Waals surface area contributed by atoms with Crippen molar-refractivity contribution in [1.82, 2.24) is 4.90 Å². The number of ether oxygens (including phenoxy) is 1. The van der Waals surface area contributed by atoms with Crippen molar-refractivity contribution in [2.75, 3.05) is 19.7 Å². The molecule has 1 amide bonds. The summed E-state index contributed by atoms with van der Waals surface area (Å²) in [5.41, 5.74) is 0.324. The van der Waals surface area contributed by atoms with Gasteiger partial charge in [0.1, 0.15) is 6.61 Å². The Morgan fingerprint density at radius 2 is 1.86 bits per heavy atom. The maximum absolute atomic E-state index is 11.8. The molecule has 0 atom stereocenters. The molecule has 1 saturated carbocycles. The van der Waals surface area contributed by atoms with Gasteiger partial charge >= 0.3 is 12.1 Å². The van der Waals surface area contributed by atoms with Crippen molar-refractivity contribution in [3.63, 3.8) is 0 Å². The largest absolute Gasteiger partial charge is 0.481 e. The van der Waals surface area contributed by atoms with E-state index in [2.05, 4.69) is 6.58 Å². The van der Waals surface area contributed by atoms with Crippen LogP contribution in [0.5, 0.6) is 0 Å². The van der Waals surface area contributed by atoms with Gasteiger partial charge in [0.15, 0.2) is 0 Å². The first-order valence-electron chi connectivity index (χ1n) is 7.79. The standard InChI is InChI=1S/C16H25NO4/c1-2-11-21-15(20)17-9-7-16(8-10-17)5-3-13(4-6-16)12-14(18)19/h2,13H,1,3-12H2,(H,18,19). The minimum atomic E-state index is -0.685. The van der Waals surface area contributed by atoms with Gasteiger partial charge in [0, 0.05) is 19.5 Å². The summed E-state index contributed by atoms with van der Waals surface area (Å²) < 4.78 is 5.07. The van der Waals surface area contributed by atoms with Crippen molar-refractivity contribution < 1.29 is 19.4 Å². The van der Waals surface area contributed by atoms with Gasteiger partial charge in [-0.2, -0.15) is 0 Å². The van der Waals surface area contributed by atoms with Crippen molar-refractivity contribution in [3.8, 4) is 0 Å². The Morgan fingerprint density at radius 1 is 1.24 bits per heavy atom. The molecule has 0 aromatic rings. The van der Waals surface area contributed by atoms with Crippen molar-refractivity contribution in [3.05, 3.63) is 12.7 Å². The second-order valence-corrected chi connectivity index (χ2v) is 6.39. The van der Waals surface area contributed by atoms with Gasteiger partial charge in [0.05, 0.1) is 0 Å². The fraction of sp³-hybridized carbons (Fsp3) is 0.750. The number of nitrogens with zero attached hydrogens (tertiary/aromatic N) is 1. The SMILES string of the molecule is C=CCOC(=O)N1CCC2(CCC(CC(=O)O)CC2)CC1. The van der Waals surface area contributed by atoms with Crippen LogP contribution in [0.4, 0.5) is 4.79 Å². The molecule has 2 fully saturated rings. The van der Waals surface area contributed by atoms with Gasteiger partial charge in [-0.3, -0.25) is 4.79 Å². The smallest absolute Gasteiger partial charge is 0.410 e. The van der Waals surface area contributed by atoms with Crippen molar-refractivity contribution in [2.45, 2.75) is 44.9 Å². The molecule has 1 heterocycles. The van der Waals surface area contributed by atoms with Crippen LogP contribution in [0, 0.1) is 11.3 Å². The number of likely N-dealkylation sites (tertiary alicyclic amines) is 1. The first-order chi connectivity index (χ1) is 10.0. The lowest BCUT2D eigenvalue weighted by Crippen LogP contribution is -2.44. The molecule has 2 rings (SSSR count). The van der Waals surface area contributed by atoms with E-state index >= 15 is 0 Å². The molecule has 21 heavy (non-hydrogen) atoms. The van der Waals surface area contributed by atoms with Gasteiger partial charge in [-0.15, -0.1) is 0 Å². The molecule has 1 aliphatic carbocycles. The summed E-state index contributed by atoms with van der Waals surface area (Å²) in [4.78, 5) is 24.3. The molecular weight excluding hydrogens is 270 g/mol. The molecule has 2 aliphatic rings. The molecule has 0 radical (unpaired) electrons. The zero-order valence-corrected chi connectivity index (χ0v) is 12.6. The summed E-state index contributed by atoms with van der Waals surface area (Å²) in [6.45, 7) is 5.30. The lowest BCUT2D eigenvalue weighted by atomic mass is 9.65. The Labute approximate surface area is 126 Å². The van der Waals surface area contributed by atoms with E-state index in [1.54, 1.807) is 11.0 Å². The van der Waals surface area contributed by atoms with Gasteiger partial charge in [0.2, 0.25) is 0 Å². The van der Waals surface area contributed by atoms with E-state index in [1.165, 1.54) is 0 Å². The first-order valence-corrected chi connectivity index (χ1v) is 7.79. The molecule has 1 aliphatic heterocycles. The summed E-state index contributed by atoms with van der Waals surface area (Å²) in [5, 5.41) is 8.87. The summed E-state index contributed by atoms with van der Waals surface area (Å²) in [7, 11) is 0. The predicted octanol–water partition coefficient (Wildman–Crippen LogP) is 3.06. The van der Waals surface area contributed by atoms with Crippen LogP contribution < -0.4 is 0 Å². The monoisotopic (exact) mass is 295 g/mol. The Morgan fingerprint density at radius 3 is 2.38 bits per heavy atom. The number of carbonyl (C=O) groups excluding carboxylic acids is 1. The van der Waals surface area contributed by atoms with Crippen molar-refractivity contribution in [2.24, 2.45) is 11.3 Å².